The summed E-state index contributed by atoms with van der Waals surface area (Å²) in [4.78, 5) is 0. The molecule has 1 unspecified atom stereocenters. The van der Waals surface area contributed by atoms with Gasteiger partial charge in [0.15, 0.2) is 0 Å². The van der Waals surface area contributed by atoms with Gasteiger partial charge in [-0.3, -0.25) is 0 Å². The summed E-state index contributed by atoms with van der Waals surface area (Å²) in [6, 6.07) is 7.64. The van der Waals surface area contributed by atoms with E-state index in [0.29, 0.717) is 0 Å². The fourth-order valence-corrected chi connectivity index (χ4v) is 1.15. The number of nitrogens with two attached hydrogens (primary N) is 1. The number of hydrogen-bond donors (Lipinski definition) is 1. The summed E-state index contributed by atoms with van der Waals surface area (Å²) in [5.74, 6) is 0. The Labute approximate surface area is 65.8 Å². The molecule has 0 radical (unpaired) electrons. The smallest absolute Gasteiger partial charge is 0.0453 e. The van der Waals surface area contributed by atoms with Crippen molar-refractivity contribution in [3.05, 3.63) is 34.9 Å². The molecule has 0 saturated heterocycles. The van der Waals surface area contributed by atoms with E-state index in [1.165, 1.54) is 0 Å². The minimum Gasteiger partial charge on any atom is -0.324 e. The summed E-state index contributed by atoms with van der Waals surface area (Å²) in [5.41, 5.74) is 6.63. The van der Waals surface area contributed by atoms with Crippen molar-refractivity contribution in [2.45, 2.75) is 13.0 Å². The molecule has 10 heavy (non-hydrogen) atoms. The van der Waals surface area contributed by atoms with E-state index in [1.54, 1.807) is 0 Å². The summed E-state index contributed by atoms with van der Waals surface area (Å²) >= 11 is 5.84. The lowest BCUT2D eigenvalue weighted by atomic mass is 10.1. The van der Waals surface area contributed by atoms with Gasteiger partial charge in [-0.2, -0.15) is 0 Å². The maximum Gasteiger partial charge on any atom is 0.0453 e. The average Bonchev–Trinajstić information content (AvgIpc) is 1.88. The molecular weight excluding hydrogens is 146 g/mol. The van der Waals surface area contributed by atoms with Gasteiger partial charge in [0.05, 0.1) is 0 Å². The molecule has 1 atom stereocenters. The molecule has 0 aliphatic carbocycles. The van der Waals surface area contributed by atoms with E-state index >= 15 is 0 Å². The normalized spacial score (nSPS) is 13.1. The zero-order valence-corrected chi connectivity index (χ0v) is 6.60. The summed E-state index contributed by atoms with van der Waals surface area (Å²) in [7, 11) is 0. The minimum absolute atomic E-state index is 0.0219. The number of halogens is 1. The van der Waals surface area contributed by atoms with Crippen LogP contribution in [0, 0.1) is 0 Å². The molecule has 0 fully saturated rings. The second kappa shape index (κ2) is 3.04. The van der Waals surface area contributed by atoms with Crippen LogP contribution in [-0.4, -0.2) is 0 Å². The van der Waals surface area contributed by atoms with Gasteiger partial charge < -0.3 is 5.73 Å². The Bertz CT molecular complexity index is 220. The van der Waals surface area contributed by atoms with Crippen LogP contribution in [0.4, 0.5) is 0 Å². The van der Waals surface area contributed by atoms with Crippen molar-refractivity contribution in [2.24, 2.45) is 5.73 Å². The second-order valence-corrected chi connectivity index (χ2v) is 2.72. The van der Waals surface area contributed by atoms with E-state index in [-0.39, 0.29) is 6.04 Å². The molecule has 1 rings (SSSR count). The van der Waals surface area contributed by atoms with Gasteiger partial charge in [0.25, 0.3) is 0 Å². The number of benzene rings is 1. The van der Waals surface area contributed by atoms with Crippen molar-refractivity contribution in [3.8, 4) is 0 Å². The second-order valence-electron chi connectivity index (χ2n) is 2.31. The number of hydrogen-bond acceptors (Lipinski definition) is 1. The van der Waals surface area contributed by atoms with Crippen LogP contribution >= 0.6 is 11.6 Å². The molecule has 0 saturated carbocycles. The van der Waals surface area contributed by atoms with Crippen molar-refractivity contribution in [3.63, 3.8) is 0 Å². The van der Waals surface area contributed by atoms with E-state index in [2.05, 4.69) is 0 Å². The van der Waals surface area contributed by atoms with E-state index in [9.17, 15) is 0 Å². The Kier molecular flexibility index (Phi) is 2.30. The monoisotopic (exact) mass is 155 g/mol. The highest BCUT2D eigenvalue weighted by atomic mass is 35.5. The van der Waals surface area contributed by atoms with Crippen LogP contribution < -0.4 is 5.73 Å². The molecule has 0 amide bonds. The van der Waals surface area contributed by atoms with Crippen LogP contribution in [0.2, 0.25) is 5.02 Å². The van der Waals surface area contributed by atoms with Crippen LogP contribution in [-0.2, 0) is 0 Å². The summed E-state index contributed by atoms with van der Waals surface area (Å²) < 4.78 is 0. The lowest BCUT2D eigenvalue weighted by Gasteiger charge is -2.05. The number of rotatable bonds is 1. The third-order valence-electron chi connectivity index (χ3n) is 1.40. The van der Waals surface area contributed by atoms with E-state index in [0.717, 1.165) is 10.6 Å². The molecule has 1 nitrogen and oxygen atoms in total. The predicted molar refractivity (Wildman–Crippen MR) is 44.1 cm³/mol. The van der Waals surface area contributed by atoms with E-state index in [4.69, 9.17) is 17.3 Å². The fourth-order valence-electron chi connectivity index (χ4n) is 0.844. The molecule has 0 spiro atoms. The Balaban J connectivity index is 3.03. The summed E-state index contributed by atoms with van der Waals surface area (Å²) in [6.45, 7) is 1.92. The first-order chi connectivity index (χ1) is 4.72. The molecule has 0 heterocycles. The zero-order valence-electron chi connectivity index (χ0n) is 5.84. The standard InChI is InChI=1S/C8H10ClN/c1-6(10)7-4-2-3-5-8(7)9/h2-6H,10H2,1H3. The third kappa shape index (κ3) is 1.49. The van der Waals surface area contributed by atoms with Crippen LogP contribution in [0.1, 0.15) is 18.5 Å². The van der Waals surface area contributed by atoms with Crippen molar-refractivity contribution < 1.29 is 0 Å². The quantitative estimate of drug-likeness (QED) is 0.662. The van der Waals surface area contributed by atoms with Gasteiger partial charge in [0.1, 0.15) is 0 Å². The highest BCUT2D eigenvalue weighted by molar-refractivity contribution is 6.31. The van der Waals surface area contributed by atoms with Gasteiger partial charge in [-0.05, 0) is 18.6 Å². The molecule has 2 heteroatoms. The van der Waals surface area contributed by atoms with Gasteiger partial charge in [0, 0.05) is 11.1 Å². The molecule has 0 bridgehead atoms. The first-order valence-corrected chi connectivity index (χ1v) is 3.59. The van der Waals surface area contributed by atoms with Gasteiger partial charge >= 0.3 is 0 Å². The van der Waals surface area contributed by atoms with Crippen LogP contribution in [0.5, 0.6) is 0 Å². The summed E-state index contributed by atoms with van der Waals surface area (Å²) in [5, 5.41) is 0.748. The van der Waals surface area contributed by atoms with Crippen molar-refractivity contribution in [1.29, 1.82) is 0 Å². The zero-order chi connectivity index (χ0) is 7.56. The molecule has 2 N–H and O–H groups in total. The van der Waals surface area contributed by atoms with Crippen LogP contribution in [0.15, 0.2) is 24.3 Å². The third-order valence-corrected chi connectivity index (χ3v) is 1.74. The topological polar surface area (TPSA) is 26.0 Å². The average molecular weight is 156 g/mol. The van der Waals surface area contributed by atoms with Crippen LogP contribution in [0.25, 0.3) is 0 Å². The maximum atomic E-state index is 5.84. The Morgan fingerprint density at radius 1 is 1.40 bits per heavy atom. The molecule has 0 aliphatic rings. The lowest BCUT2D eigenvalue weighted by Crippen LogP contribution is -2.04. The van der Waals surface area contributed by atoms with Crippen molar-refractivity contribution in [1.82, 2.24) is 0 Å². The van der Waals surface area contributed by atoms with Crippen molar-refractivity contribution >= 4 is 11.6 Å². The molecular formula is C8H10ClN. The largest absolute Gasteiger partial charge is 0.324 e. The SMILES string of the molecule is CC(N)c1ccccc1Cl. The first kappa shape index (κ1) is 7.58. The van der Waals surface area contributed by atoms with Crippen LogP contribution in [0.3, 0.4) is 0 Å². The van der Waals surface area contributed by atoms with E-state index in [1.807, 2.05) is 31.2 Å². The minimum atomic E-state index is 0.0219. The summed E-state index contributed by atoms with van der Waals surface area (Å²) in [6.07, 6.45) is 0. The predicted octanol–water partition coefficient (Wildman–Crippen LogP) is 2.36. The van der Waals surface area contributed by atoms with E-state index < -0.39 is 0 Å². The Morgan fingerprint density at radius 3 is 2.40 bits per heavy atom. The highest BCUT2D eigenvalue weighted by Gasteiger charge is 2.01. The molecule has 0 aromatic heterocycles. The first-order valence-electron chi connectivity index (χ1n) is 3.22. The van der Waals surface area contributed by atoms with Gasteiger partial charge in [-0.1, -0.05) is 29.8 Å². The van der Waals surface area contributed by atoms with Gasteiger partial charge in [-0.25, -0.2) is 0 Å². The molecule has 1 aromatic rings. The van der Waals surface area contributed by atoms with Gasteiger partial charge in [-0.15, -0.1) is 0 Å². The molecule has 1 aromatic carbocycles. The molecule has 0 aliphatic heterocycles. The highest BCUT2D eigenvalue weighted by Crippen LogP contribution is 2.19. The Hall–Kier alpha value is -0.530. The Morgan fingerprint density at radius 2 is 2.00 bits per heavy atom. The maximum absolute atomic E-state index is 5.84. The fraction of sp³-hybridized carbons (Fsp3) is 0.250. The molecule has 54 valence electrons. The van der Waals surface area contributed by atoms with Crippen molar-refractivity contribution in [2.75, 3.05) is 0 Å². The lowest BCUT2D eigenvalue weighted by molar-refractivity contribution is 0.818. The van der Waals surface area contributed by atoms with Gasteiger partial charge in [0.2, 0.25) is 0 Å².